The zero-order valence-corrected chi connectivity index (χ0v) is 29.6. The number of nitrogens with one attached hydrogen (secondary N) is 1. The lowest BCUT2D eigenvalue weighted by atomic mass is 10.2. The van der Waals surface area contributed by atoms with E-state index in [-0.39, 0.29) is 0 Å². The van der Waals surface area contributed by atoms with E-state index in [1.54, 1.807) is 0 Å². The third-order valence-corrected chi connectivity index (χ3v) is 8.77. The maximum atomic E-state index is 5.18. The molecule has 0 aliphatic carbocycles. The second-order valence-electron chi connectivity index (χ2n) is 12.5. The van der Waals surface area contributed by atoms with E-state index in [9.17, 15) is 0 Å². The molecular formula is C30H65N6S2+. The van der Waals surface area contributed by atoms with Crippen molar-refractivity contribution in [1.82, 2.24) is 20.0 Å². The van der Waals surface area contributed by atoms with Crippen LogP contribution >= 0.6 is 21.6 Å². The van der Waals surface area contributed by atoms with Crippen molar-refractivity contribution < 1.29 is 4.58 Å². The second kappa shape index (κ2) is 18.6. The Morgan fingerprint density at radius 1 is 0.579 bits per heavy atom. The zero-order valence-electron chi connectivity index (χ0n) is 28.0. The molecule has 0 rings (SSSR count). The van der Waals surface area contributed by atoms with Gasteiger partial charge in [-0.25, -0.2) is 0 Å². The molecular weight excluding hydrogens is 509 g/mol. The maximum Gasteiger partial charge on any atom is 0.348 e. The van der Waals surface area contributed by atoms with Crippen molar-refractivity contribution in [2.24, 2.45) is 4.99 Å². The summed E-state index contributed by atoms with van der Waals surface area (Å²) in [5, 5.41) is 3.83. The van der Waals surface area contributed by atoms with Crippen molar-refractivity contribution in [3.63, 3.8) is 0 Å². The molecule has 38 heavy (non-hydrogen) atoms. The van der Waals surface area contributed by atoms with Crippen LogP contribution < -0.4 is 5.32 Å². The minimum atomic E-state index is 0.416. The SMILES string of the molecule is CC(C)N(C(=NCCSSCCNC(N(C(C)C)C(C)C)=[N+](C(C)C)C(C)C)N(C(C)C)C(C)C)C(C)C. The third kappa shape index (κ3) is 12.2. The fourth-order valence-electron chi connectivity index (χ4n) is 5.40. The molecule has 0 spiro atoms. The lowest BCUT2D eigenvalue weighted by Crippen LogP contribution is -2.56. The second-order valence-corrected chi connectivity index (χ2v) is 15.2. The van der Waals surface area contributed by atoms with Gasteiger partial charge in [-0.05, 0) is 111 Å². The van der Waals surface area contributed by atoms with Crippen LogP contribution in [0.15, 0.2) is 4.99 Å². The molecule has 0 aliphatic rings. The van der Waals surface area contributed by atoms with Crippen LogP contribution in [0.25, 0.3) is 0 Å². The van der Waals surface area contributed by atoms with Gasteiger partial charge < -0.3 is 9.80 Å². The Balaban J connectivity index is 5.31. The fourth-order valence-corrected chi connectivity index (χ4v) is 7.17. The van der Waals surface area contributed by atoms with E-state index >= 15 is 0 Å². The summed E-state index contributed by atoms with van der Waals surface area (Å²) in [6.45, 7) is 38.3. The molecule has 8 heteroatoms. The molecule has 0 bridgehead atoms. The molecule has 6 nitrogen and oxygen atoms in total. The van der Waals surface area contributed by atoms with E-state index in [0.717, 1.165) is 30.6 Å². The predicted molar refractivity (Wildman–Crippen MR) is 177 cm³/mol. The largest absolute Gasteiger partial charge is 0.348 e. The standard InChI is InChI=1S/C30H64N6S2/c1-21(2)33(22(3)4)29(34(23(5)6)24(7)8)31-17-19-37-38-20-18-32-30(35(25(9)10)26(11)12)36(27(13)14)28(15)16/h21-28H,17-20H2,1-16H3/p+1. The summed E-state index contributed by atoms with van der Waals surface area (Å²) < 4.78 is 2.53. The highest BCUT2D eigenvalue weighted by molar-refractivity contribution is 8.76. The van der Waals surface area contributed by atoms with Crippen molar-refractivity contribution in [3.8, 4) is 0 Å². The van der Waals surface area contributed by atoms with Gasteiger partial charge in [0.05, 0.1) is 37.3 Å². The van der Waals surface area contributed by atoms with Crippen LogP contribution in [0.3, 0.4) is 0 Å². The van der Waals surface area contributed by atoms with Gasteiger partial charge in [-0.1, -0.05) is 21.6 Å². The van der Waals surface area contributed by atoms with Crippen LogP contribution in [-0.4, -0.2) is 104 Å². The lowest BCUT2D eigenvalue weighted by molar-refractivity contribution is -0.594. The van der Waals surface area contributed by atoms with E-state index in [1.807, 2.05) is 21.6 Å². The van der Waals surface area contributed by atoms with Gasteiger partial charge in [0, 0.05) is 35.7 Å². The van der Waals surface area contributed by atoms with Gasteiger partial charge in [-0.2, -0.15) is 0 Å². The molecule has 0 unspecified atom stereocenters. The quantitative estimate of drug-likeness (QED) is 0.0759. The van der Waals surface area contributed by atoms with Gasteiger partial charge in [-0.15, -0.1) is 0 Å². The molecule has 0 radical (unpaired) electrons. The summed E-state index contributed by atoms with van der Waals surface area (Å²) >= 11 is 0. The average Bonchev–Trinajstić information content (AvgIpc) is 2.73. The van der Waals surface area contributed by atoms with Gasteiger partial charge in [0.25, 0.3) is 0 Å². The van der Waals surface area contributed by atoms with E-state index in [4.69, 9.17) is 4.99 Å². The minimum absolute atomic E-state index is 0.416. The van der Waals surface area contributed by atoms with Gasteiger partial charge in [0.2, 0.25) is 0 Å². The normalized spacial score (nSPS) is 12.1. The summed E-state index contributed by atoms with van der Waals surface area (Å²) in [6.07, 6.45) is 0. The maximum absolute atomic E-state index is 5.18. The Morgan fingerprint density at radius 2 is 0.947 bits per heavy atom. The highest BCUT2D eigenvalue weighted by atomic mass is 33.1. The first kappa shape index (κ1) is 37.2. The zero-order chi connectivity index (χ0) is 29.7. The highest BCUT2D eigenvalue weighted by Crippen LogP contribution is 2.21. The first-order valence-corrected chi connectivity index (χ1v) is 17.6. The number of nitrogens with zero attached hydrogens (tertiary/aromatic N) is 5. The highest BCUT2D eigenvalue weighted by Gasteiger charge is 2.30. The van der Waals surface area contributed by atoms with Crippen molar-refractivity contribution in [1.29, 1.82) is 0 Å². The number of hydrogen-bond acceptors (Lipinski definition) is 3. The Morgan fingerprint density at radius 3 is 1.29 bits per heavy atom. The Bertz CT molecular complexity index is 643. The van der Waals surface area contributed by atoms with Crippen molar-refractivity contribution in [3.05, 3.63) is 0 Å². The van der Waals surface area contributed by atoms with Crippen molar-refractivity contribution >= 4 is 33.5 Å². The van der Waals surface area contributed by atoms with Crippen LogP contribution in [0.1, 0.15) is 111 Å². The third-order valence-electron chi connectivity index (χ3n) is 6.38. The summed E-state index contributed by atoms with van der Waals surface area (Å²) in [7, 11) is 3.90. The summed E-state index contributed by atoms with van der Waals surface area (Å²) in [5.74, 6) is 4.50. The molecule has 0 heterocycles. The number of guanidine groups is 2. The topological polar surface area (TPSA) is 37.1 Å². The van der Waals surface area contributed by atoms with Crippen molar-refractivity contribution in [2.45, 2.75) is 159 Å². The molecule has 0 amide bonds. The number of hydrogen-bond donors (Lipinski definition) is 1. The number of aliphatic imine (C=N–C) groups is 1. The summed E-state index contributed by atoms with van der Waals surface area (Å²) in [4.78, 5) is 12.7. The fraction of sp³-hybridized carbons (Fsp3) is 0.933. The monoisotopic (exact) mass is 573 g/mol. The molecule has 0 aromatic heterocycles. The predicted octanol–water partition coefficient (Wildman–Crippen LogP) is 6.86. The van der Waals surface area contributed by atoms with Gasteiger partial charge in [-0.3, -0.25) is 19.8 Å². The summed E-state index contributed by atoms with van der Waals surface area (Å²) in [6, 6.07) is 3.44. The first-order valence-electron chi connectivity index (χ1n) is 15.1. The Labute approximate surface area is 246 Å². The van der Waals surface area contributed by atoms with Crippen LogP contribution in [-0.2, 0) is 0 Å². The van der Waals surface area contributed by atoms with E-state index < -0.39 is 0 Å². The van der Waals surface area contributed by atoms with E-state index in [0.29, 0.717) is 48.3 Å². The van der Waals surface area contributed by atoms with Gasteiger partial charge >= 0.3 is 5.96 Å². The molecule has 0 aliphatic heterocycles. The number of rotatable bonds is 15. The molecule has 0 atom stereocenters. The molecule has 0 saturated heterocycles. The molecule has 0 aromatic carbocycles. The molecule has 0 saturated carbocycles. The van der Waals surface area contributed by atoms with E-state index in [1.165, 1.54) is 5.96 Å². The molecule has 0 aromatic rings. The van der Waals surface area contributed by atoms with Crippen LogP contribution in [0.2, 0.25) is 0 Å². The molecule has 1 N–H and O–H groups in total. The minimum Gasteiger partial charge on any atom is -0.338 e. The van der Waals surface area contributed by atoms with E-state index in [2.05, 4.69) is 135 Å². The van der Waals surface area contributed by atoms with Gasteiger partial charge in [0.1, 0.15) is 0 Å². The van der Waals surface area contributed by atoms with Crippen LogP contribution in [0.5, 0.6) is 0 Å². The molecule has 226 valence electrons. The average molecular weight is 574 g/mol. The van der Waals surface area contributed by atoms with Crippen LogP contribution in [0, 0.1) is 0 Å². The van der Waals surface area contributed by atoms with Crippen molar-refractivity contribution in [2.75, 3.05) is 24.6 Å². The molecule has 0 fully saturated rings. The Hall–Kier alpha value is -0.760. The Kier molecular flexibility index (Phi) is 18.2. The van der Waals surface area contributed by atoms with Crippen LogP contribution in [0.4, 0.5) is 0 Å². The smallest absolute Gasteiger partial charge is 0.338 e. The summed E-state index contributed by atoms with van der Waals surface area (Å²) in [5.41, 5.74) is 0. The lowest BCUT2D eigenvalue weighted by Gasteiger charge is -2.43. The first-order chi connectivity index (χ1) is 17.6. The van der Waals surface area contributed by atoms with Gasteiger partial charge in [0.15, 0.2) is 5.96 Å².